The normalized spacial score (nSPS) is 42.3. The zero-order chi connectivity index (χ0) is 24.5. The van der Waals surface area contributed by atoms with Crippen LogP contribution < -0.4 is 0 Å². The summed E-state index contributed by atoms with van der Waals surface area (Å²) in [5.74, 6) is 8.63. The second-order valence-corrected chi connectivity index (χ2v) is 13.8. The van der Waals surface area contributed by atoms with Gasteiger partial charge in [-0.15, -0.1) is 12.3 Å². The molecule has 4 saturated carbocycles. The van der Waals surface area contributed by atoms with Crippen LogP contribution in [0.3, 0.4) is 0 Å². The maximum absolute atomic E-state index is 12.2. The smallest absolute Gasteiger partial charge is 0.307 e. The lowest BCUT2D eigenvalue weighted by Gasteiger charge is -2.61. The highest BCUT2D eigenvalue weighted by Gasteiger charge is 2.60. The van der Waals surface area contributed by atoms with Gasteiger partial charge in [-0.05, 0) is 110 Å². The third-order valence-corrected chi connectivity index (χ3v) is 11.6. The van der Waals surface area contributed by atoms with Crippen molar-refractivity contribution in [2.75, 3.05) is 0 Å². The Labute approximate surface area is 210 Å². The number of fused-ring (bicyclic) bond motifs is 5. The van der Waals surface area contributed by atoms with E-state index in [0.717, 1.165) is 54.3 Å². The highest BCUT2D eigenvalue weighted by molar-refractivity contribution is 5.69. The maximum Gasteiger partial charge on any atom is 0.307 e. The molecule has 2 nitrogen and oxygen atoms in total. The highest BCUT2D eigenvalue weighted by atomic mass is 16.5. The van der Waals surface area contributed by atoms with Crippen LogP contribution in [0.2, 0.25) is 0 Å². The van der Waals surface area contributed by atoms with Crippen molar-refractivity contribution in [3.8, 4) is 12.3 Å². The van der Waals surface area contributed by atoms with Crippen LogP contribution in [0.5, 0.6) is 0 Å². The molecule has 192 valence electrons. The number of carbonyl (C=O) groups excluding carboxylic acids is 1. The van der Waals surface area contributed by atoms with Gasteiger partial charge in [-0.1, -0.05) is 53.9 Å². The predicted molar refractivity (Wildman–Crippen MR) is 141 cm³/mol. The molecule has 0 N–H and O–H groups in total. The van der Waals surface area contributed by atoms with Gasteiger partial charge in [-0.25, -0.2) is 0 Å². The first-order chi connectivity index (χ1) is 16.2. The molecule has 4 aliphatic carbocycles. The van der Waals surface area contributed by atoms with E-state index in [9.17, 15) is 4.79 Å². The number of ether oxygens (including phenoxy) is 1. The molecule has 0 amide bonds. The molecule has 0 radical (unpaired) electrons. The lowest BCUT2D eigenvalue weighted by Crippen LogP contribution is -2.54. The summed E-state index contributed by atoms with van der Waals surface area (Å²) in [6.45, 7) is 12.6. The number of carbonyl (C=O) groups is 1. The molecule has 4 fully saturated rings. The summed E-state index contributed by atoms with van der Waals surface area (Å²) in [5, 5.41) is 0. The van der Waals surface area contributed by atoms with Crippen LogP contribution in [0, 0.1) is 64.6 Å². The van der Waals surface area contributed by atoms with Gasteiger partial charge in [0.2, 0.25) is 0 Å². The van der Waals surface area contributed by atoms with E-state index in [2.05, 4.69) is 40.5 Å². The van der Waals surface area contributed by atoms with E-state index >= 15 is 0 Å². The van der Waals surface area contributed by atoms with Crippen LogP contribution >= 0.6 is 0 Å². The molecule has 2 heteroatoms. The van der Waals surface area contributed by atoms with Gasteiger partial charge in [0.1, 0.15) is 6.10 Å². The van der Waals surface area contributed by atoms with E-state index in [1.165, 1.54) is 64.2 Å². The van der Waals surface area contributed by atoms with Crippen molar-refractivity contribution in [3.05, 3.63) is 0 Å². The quantitative estimate of drug-likeness (QED) is 0.264. The average molecular weight is 469 g/mol. The molecule has 0 saturated heterocycles. The molecule has 0 bridgehead atoms. The number of hydrogen-bond acceptors (Lipinski definition) is 2. The first kappa shape index (κ1) is 26.1. The van der Waals surface area contributed by atoms with Crippen LogP contribution in [-0.2, 0) is 9.53 Å². The van der Waals surface area contributed by atoms with Crippen molar-refractivity contribution in [2.45, 2.75) is 131 Å². The zero-order valence-electron chi connectivity index (χ0n) is 22.9. The Hall–Kier alpha value is -0.970. The summed E-state index contributed by atoms with van der Waals surface area (Å²) >= 11 is 0. The maximum atomic E-state index is 12.2. The lowest BCUT2D eigenvalue weighted by molar-refractivity contribution is -0.162. The molecule has 0 heterocycles. The number of hydrogen-bond donors (Lipinski definition) is 0. The molecule has 34 heavy (non-hydrogen) atoms. The van der Waals surface area contributed by atoms with Crippen molar-refractivity contribution in [3.63, 3.8) is 0 Å². The summed E-state index contributed by atoms with van der Waals surface area (Å²) in [6, 6.07) is 0. The Morgan fingerprint density at radius 1 is 0.971 bits per heavy atom. The number of rotatable bonds is 8. The Bertz CT molecular complexity index is 749. The van der Waals surface area contributed by atoms with Crippen LogP contribution in [-0.4, -0.2) is 12.1 Å². The Morgan fingerprint density at radius 2 is 1.71 bits per heavy atom. The second-order valence-electron chi connectivity index (χ2n) is 13.8. The van der Waals surface area contributed by atoms with Crippen LogP contribution in [0.4, 0.5) is 0 Å². The molecule has 0 aromatic heterocycles. The number of terminal acetylenes is 1. The fraction of sp³-hybridized carbons (Fsp3) is 0.906. The standard InChI is InChI=1S/C32H52O2/c1-7-8-12-30(33)34-25-17-19-31(5)24(21-25)13-14-26-28-16-15-27(23(4)11-9-10-22(2)3)32(28,6)20-18-29(26)31/h1,22-29H,8-21H2,2-6H3/t23-,24?,25+,26+,27-,28+,29+,31+,32-/m1/s1. The third kappa shape index (κ3) is 4.97. The minimum absolute atomic E-state index is 0.0896. The average Bonchev–Trinajstić information content (AvgIpc) is 3.15. The summed E-state index contributed by atoms with van der Waals surface area (Å²) < 4.78 is 5.86. The summed E-state index contributed by atoms with van der Waals surface area (Å²) in [4.78, 5) is 12.2. The van der Waals surface area contributed by atoms with Crippen molar-refractivity contribution in [2.24, 2.45) is 52.3 Å². The van der Waals surface area contributed by atoms with Gasteiger partial charge in [0.25, 0.3) is 0 Å². The van der Waals surface area contributed by atoms with Gasteiger partial charge in [-0.3, -0.25) is 4.79 Å². The Balaban J connectivity index is 1.38. The van der Waals surface area contributed by atoms with E-state index in [4.69, 9.17) is 11.2 Å². The molecule has 4 aliphatic rings. The minimum Gasteiger partial charge on any atom is -0.462 e. The van der Waals surface area contributed by atoms with Crippen LogP contribution in [0.25, 0.3) is 0 Å². The predicted octanol–water partition coefficient (Wildman–Crippen LogP) is 8.43. The summed E-state index contributed by atoms with van der Waals surface area (Å²) in [5.41, 5.74) is 1.03. The molecule has 4 rings (SSSR count). The fourth-order valence-electron chi connectivity index (χ4n) is 9.77. The fourth-order valence-corrected chi connectivity index (χ4v) is 9.77. The zero-order valence-corrected chi connectivity index (χ0v) is 22.9. The van der Waals surface area contributed by atoms with Crippen LogP contribution in [0.1, 0.15) is 125 Å². The first-order valence-electron chi connectivity index (χ1n) is 14.8. The summed E-state index contributed by atoms with van der Waals surface area (Å²) in [6.07, 6.45) is 22.5. The second kappa shape index (κ2) is 10.6. The van der Waals surface area contributed by atoms with E-state index in [1.807, 2.05) is 0 Å². The monoisotopic (exact) mass is 468 g/mol. The molecule has 1 unspecified atom stereocenters. The van der Waals surface area contributed by atoms with Crippen molar-refractivity contribution >= 4 is 5.97 Å². The van der Waals surface area contributed by atoms with Gasteiger partial charge >= 0.3 is 5.97 Å². The van der Waals surface area contributed by atoms with Gasteiger partial charge in [-0.2, -0.15) is 0 Å². The summed E-state index contributed by atoms with van der Waals surface area (Å²) in [7, 11) is 0. The minimum atomic E-state index is -0.0896. The highest BCUT2D eigenvalue weighted by Crippen LogP contribution is 2.68. The number of esters is 1. The van der Waals surface area contributed by atoms with Crippen molar-refractivity contribution < 1.29 is 9.53 Å². The lowest BCUT2D eigenvalue weighted by atomic mass is 9.44. The van der Waals surface area contributed by atoms with Crippen molar-refractivity contribution in [1.29, 1.82) is 0 Å². The largest absolute Gasteiger partial charge is 0.462 e. The van der Waals surface area contributed by atoms with Gasteiger partial charge < -0.3 is 4.74 Å². The SMILES string of the molecule is C#CCCC(=O)O[C@H]1CC[C@@]2(C)C(CC[C@H]3[C@@H]4CC[C@H]([C@H](C)CCCC(C)C)[C@@]4(C)CC[C@@H]32)C1. The molecular weight excluding hydrogens is 416 g/mol. The molecule has 0 spiro atoms. The topological polar surface area (TPSA) is 26.3 Å². The van der Waals surface area contributed by atoms with E-state index in [0.29, 0.717) is 23.7 Å². The van der Waals surface area contributed by atoms with E-state index < -0.39 is 0 Å². The van der Waals surface area contributed by atoms with E-state index in [-0.39, 0.29) is 12.1 Å². The van der Waals surface area contributed by atoms with Crippen LogP contribution in [0.15, 0.2) is 0 Å². The first-order valence-corrected chi connectivity index (χ1v) is 14.8. The van der Waals surface area contributed by atoms with Gasteiger partial charge in [0.05, 0.1) is 6.42 Å². The Morgan fingerprint density at radius 3 is 2.44 bits per heavy atom. The molecule has 0 aliphatic heterocycles. The molecular formula is C32H52O2. The van der Waals surface area contributed by atoms with E-state index in [1.54, 1.807) is 0 Å². The van der Waals surface area contributed by atoms with Crippen molar-refractivity contribution in [1.82, 2.24) is 0 Å². The molecule has 0 aromatic rings. The Kier molecular flexibility index (Phi) is 8.11. The van der Waals surface area contributed by atoms with Gasteiger partial charge in [0, 0.05) is 6.42 Å². The third-order valence-electron chi connectivity index (χ3n) is 11.6. The molecule has 9 atom stereocenters. The molecule has 0 aromatic carbocycles. The van der Waals surface area contributed by atoms with Gasteiger partial charge in [0.15, 0.2) is 0 Å².